The number of hydrogen-bond acceptors (Lipinski definition) is 4. The van der Waals surface area contributed by atoms with Gasteiger partial charge in [0.2, 0.25) is 0 Å². The molecular formula is C19H19F2N7. The van der Waals surface area contributed by atoms with Crippen LogP contribution in [-0.4, -0.2) is 39.9 Å². The van der Waals surface area contributed by atoms with Crippen LogP contribution in [0.5, 0.6) is 0 Å². The summed E-state index contributed by atoms with van der Waals surface area (Å²) in [6.45, 7) is 1.91. The van der Waals surface area contributed by atoms with E-state index >= 15 is 0 Å². The quantitative estimate of drug-likeness (QED) is 0.528. The Hall–Kier alpha value is -3.10. The van der Waals surface area contributed by atoms with Gasteiger partial charge in [0.25, 0.3) is 5.92 Å². The summed E-state index contributed by atoms with van der Waals surface area (Å²) < 4.78 is 32.4. The third-order valence-electron chi connectivity index (χ3n) is 5.35. The lowest BCUT2D eigenvalue weighted by Gasteiger charge is -2.14. The van der Waals surface area contributed by atoms with Gasteiger partial charge in [-0.1, -0.05) is 6.92 Å². The molecule has 0 saturated heterocycles. The first kappa shape index (κ1) is 17.0. The smallest absolute Gasteiger partial charge is 0.253 e. The highest BCUT2D eigenvalue weighted by Crippen LogP contribution is 2.55. The highest BCUT2D eigenvalue weighted by molar-refractivity contribution is 5.68. The molecule has 4 aromatic rings. The third kappa shape index (κ3) is 2.69. The van der Waals surface area contributed by atoms with Crippen molar-refractivity contribution in [2.45, 2.75) is 31.7 Å². The van der Waals surface area contributed by atoms with Gasteiger partial charge < -0.3 is 0 Å². The molecule has 2 unspecified atom stereocenters. The Kier molecular flexibility index (Phi) is 3.62. The summed E-state index contributed by atoms with van der Waals surface area (Å²) in [5.74, 6) is -2.56. The second-order valence-corrected chi connectivity index (χ2v) is 7.28. The number of halogens is 2. The van der Waals surface area contributed by atoms with Crippen molar-refractivity contribution >= 4 is 5.65 Å². The Morgan fingerprint density at radius 3 is 2.68 bits per heavy atom. The van der Waals surface area contributed by atoms with E-state index in [4.69, 9.17) is 4.98 Å². The molecule has 0 bridgehead atoms. The monoisotopic (exact) mass is 383 g/mol. The van der Waals surface area contributed by atoms with E-state index in [0.717, 1.165) is 22.5 Å². The summed E-state index contributed by atoms with van der Waals surface area (Å²) in [7, 11) is 1.85. The lowest BCUT2D eigenvalue weighted by atomic mass is 10.1. The highest BCUT2D eigenvalue weighted by atomic mass is 19.3. The SMILES string of the molecule is CCC(C1CC1(F)F)n1cc(-c2nc(-c3cnn(C)c3)cc3nccn23)cn1. The van der Waals surface area contributed by atoms with Crippen LogP contribution in [0.15, 0.2) is 43.2 Å². The van der Waals surface area contributed by atoms with Crippen LogP contribution in [-0.2, 0) is 7.05 Å². The minimum absolute atomic E-state index is 0.0682. The summed E-state index contributed by atoms with van der Waals surface area (Å²) in [6, 6.07) is 1.58. The minimum atomic E-state index is -2.58. The molecule has 7 nitrogen and oxygen atoms in total. The first-order valence-electron chi connectivity index (χ1n) is 9.22. The molecule has 0 spiro atoms. The normalized spacial score (nSPS) is 19.2. The van der Waals surface area contributed by atoms with Crippen LogP contribution >= 0.6 is 0 Å². The Morgan fingerprint density at radius 2 is 2.00 bits per heavy atom. The zero-order valence-corrected chi connectivity index (χ0v) is 15.5. The number of imidazole rings is 1. The first-order chi connectivity index (χ1) is 13.5. The Morgan fingerprint density at radius 1 is 1.21 bits per heavy atom. The fourth-order valence-electron chi connectivity index (χ4n) is 3.77. The van der Waals surface area contributed by atoms with Crippen LogP contribution in [0.4, 0.5) is 8.78 Å². The van der Waals surface area contributed by atoms with E-state index in [1.165, 1.54) is 0 Å². The van der Waals surface area contributed by atoms with E-state index in [-0.39, 0.29) is 12.5 Å². The number of alkyl halides is 2. The molecule has 5 rings (SSSR count). The third-order valence-corrected chi connectivity index (χ3v) is 5.35. The van der Waals surface area contributed by atoms with E-state index in [1.807, 2.05) is 36.8 Å². The van der Waals surface area contributed by atoms with Gasteiger partial charge in [-0.15, -0.1) is 0 Å². The van der Waals surface area contributed by atoms with Crippen molar-refractivity contribution in [3.05, 3.63) is 43.2 Å². The van der Waals surface area contributed by atoms with E-state index in [1.54, 1.807) is 34.2 Å². The van der Waals surface area contributed by atoms with E-state index in [0.29, 0.717) is 12.2 Å². The van der Waals surface area contributed by atoms with Gasteiger partial charge in [0.15, 0.2) is 0 Å². The lowest BCUT2D eigenvalue weighted by Crippen LogP contribution is -2.14. The predicted molar refractivity (Wildman–Crippen MR) is 98.8 cm³/mol. The number of fused-ring (bicyclic) bond motifs is 1. The van der Waals surface area contributed by atoms with Crippen molar-refractivity contribution < 1.29 is 8.78 Å². The van der Waals surface area contributed by atoms with E-state index in [9.17, 15) is 8.78 Å². The Labute approximate surface area is 159 Å². The van der Waals surface area contributed by atoms with E-state index in [2.05, 4.69) is 15.2 Å². The maximum Gasteiger partial charge on any atom is 0.253 e. The molecule has 0 N–H and O–H groups in total. The molecular weight excluding hydrogens is 364 g/mol. The molecule has 1 aliphatic carbocycles. The number of rotatable bonds is 5. The fraction of sp³-hybridized carbons (Fsp3) is 0.368. The van der Waals surface area contributed by atoms with Crippen LogP contribution in [0, 0.1) is 5.92 Å². The van der Waals surface area contributed by atoms with Gasteiger partial charge in [-0.25, -0.2) is 18.7 Å². The van der Waals surface area contributed by atoms with Gasteiger partial charge >= 0.3 is 0 Å². The van der Waals surface area contributed by atoms with Crippen molar-refractivity contribution in [3.8, 4) is 22.6 Å². The van der Waals surface area contributed by atoms with Gasteiger partial charge in [-0.2, -0.15) is 10.2 Å². The van der Waals surface area contributed by atoms with Crippen molar-refractivity contribution in [3.63, 3.8) is 0 Å². The van der Waals surface area contributed by atoms with Crippen molar-refractivity contribution in [2.24, 2.45) is 13.0 Å². The van der Waals surface area contributed by atoms with E-state index < -0.39 is 11.8 Å². The number of aromatic nitrogens is 7. The summed E-state index contributed by atoms with van der Waals surface area (Å²) in [5, 5.41) is 8.58. The maximum atomic E-state index is 13.6. The van der Waals surface area contributed by atoms with Crippen molar-refractivity contribution in [2.75, 3.05) is 0 Å². The van der Waals surface area contributed by atoms with Gasteiger partial charge in [-0.05, 0) is 6.42 Å². The molecule has 2 atom stereocenters. The summed E-state index contributed by atoms with van der Waals surface area (Å²) >= 11 is 0. The molecule has 0 radical (unpaired) electrons. The number of nitrogens with zero attached hydrogens (tertiary/aromatic N) is 7. The minimum Gasteiger partial charge on any atom is -0.284 e. The summed E-state index contributed by atoms with van der Waals surface area (Å²) in [4.78, 5) is 9.17. The Bertz CT molecular complexity index is 1160. The molecule has 28 heavy (non-hydrogen) atoms. The molecule has 0 aromatic carbocycles. The highest BCUT2D eigenvalue weighted by Gasteiger charge is 2.60. The van der Waals surface area contributed by atoms with Gasteiger partial charge in [0.05, 0.1) is 35.6 Å². The van der Waals surface area contributed by atoms with Crippen LogP contribution in [0.1, 0.15) is 25.8 Å². The van der Waals surface area contributed by atoms with Crippen LogP contribution in [0.25, 0.3) is 28.3 Å². The molecule has 1 fully saturated rings. The molecule has 144 valence electrons. The zero-order chi connectivity index (χ0) is 19.5. The molecule has 0 aliphatic heterocycles. The van der Waals surface area contributed by atoms with Crippen LogP contribution in [0.3, 0.4) is 0 Å². The number of aryl methyl sites for hydroxylation is 1. The molecule has 1 saturated carbocycles. The Balaban J connectivity index is 1.58. The average molecular weight is 383 g/mol. The summed E-state index contributed by atoms with van der Waals surface area (Å²) in [6.07, 6.45) is 11.2. The largest absolute Gasteiger partial charge is 0.284 e. The fourth-order valence-corrected chi connectivity index (χ4v) is 3.77. The molecule has 4 heterocycles. The van der Waals surface area contributed by atoms with Gasteiger partial charge in [-0.3, -0.25) is 13.8 Å². The summed E-state index contributed by atoms with van der Waals surface area (Å²) in [5.41, 5.74) is 3.13. The van der Waals surface area contributed by atoms with Crippen LogP contribution < -0.4 is 0 Å². The second-order valence-electron chi connectivity index (χ2n) is 7.28. The van der Waals surface area contributed by atoms with Crippen molar-refractivity contribution in [1.82, 2.24) is 33.9 Å². The number of hydrogen-bond donors (Lipinski definition) is 0. The van der Waals surface area contributed by atoms with Gasteiger partial charge in [0, 0.05) is 49.9 Å². The van der Waals surface area contributed by atoms with Gasteiger partial charge in [0.1, 0.15) is 11.5 Å². The predicted octanol–water partition coefficient (Wildman–Crippen LogP) is 3.60. The molecule has 4 aromatic heterocycles. The molecule has 1 aliphatic rings. The maximum absolute atomic E-state index is 13.6. The van der Waals surface area contributed by atoms with Crippen molar-refractivity contribution in [1.29, 1.82) is 0 Å². The molecule has 0 amide bonds. The molecule has 9 heteroatoms. The second kappa shape index (κ2) is 5.95. The zero-order valence-electron chi connectivity index (χ0n) is 15.5. The average Bonchev–Trinajstić information content (AvgIpc) is 3.17. The lowest BCUT2D eigenvalue weighted by molar-refractivity contribution is 0.0835. The topological polar surface area (TPSA) is 65.8 Å². The standard InChI is InChI=1S/C19H19F2N7/c1-3-16(14-7-19(14,20)21)28-11-13(9-24-28)18-25-15(12-8-23-26(2)10-12)6-17-22-4-5-27(17)18/h4-6,8-11,14,16H,3,7H2,1-2H3. The first-order valence-corrected chi connectivity index (χ1v) is 9.22. The van der Waals surface area contributed by atoms with Crippen LogP contribution in [0.2, 0.25) is 0 Å².